The maximum atomic E-state index is 4.52. The van der Waals surface area contributed by atoms with E-state index in [9.17, 15) is 0 Å². The van der Waals surface area contributed by atoms with Crippen LogP contribution in [0.1, 0.15) is 16.7 Å². The van der Waals surface area contributed by atoms with Gasteiger partial charge < -0.3 is 4.90 Å². The van der Waals surface area contributed by atoms with Gasteiger partial charge in [0.05, 0.1) is 5.69 Å². The zero-order valence-corrected chi connectivity index (χ0v) is 14.2. The lowest BCUT2D eigenvalue weighted by Crippen LogP contribution is -2.16. The molecule has 3 aromatic rings. The molecule has 0 spiro atoms. The second-order valence-electron chi connectivity index (χ2n) is 6.03. The molecule has 120 valence electrons. The van der Waals surface area contributed by atoms with Crippen LogP contribution in [0.4, 0.5) is 11.4 Å². The van der Waals surface area contributed by atoms with Gasteiger partial charge in [0, 0.05) is 25.5 Å². The molecule has 2 heteroatoms. The summed E-state index contributed by atoms with van der Waals surface area (Å²) in [6.07, 6.45) is 1.91. The van der Waals surface area contributed by atoms with Crippen LogP contribution in [0.2, 0.25) is 0 Å². The number of benzene rings is 3. The van der Waals surface area contributed by atoms with Crippen LogP contribution in [0.3, 0.4) is 0 Å². The van der Waals surface area contributed by atoms with Crippen molar-refractivity contribution < 1.29 is 0 Å². The summed E-state index contributed by atoms with van der Waals surface area (Å²) < 4.78 is 0. The molecule has 24 heavy (non-hydrogen) atoms. The third-order valence-electron chi connectivity index (χ3n) is 3.99. The zero-order valence-electron chi connectivity index (χ0n) is 14.2. The molecule has 0 fully saturated rings. The third kappa shape index (κ3) is 4.32. The summed E-state index contributed by atoms with van der Waals surface area (Å²) >= 11 is 0. The molecule has 0 N–H and O–H groups in total. The van der Waals surface area contributed by atoms with E-state index >= 15 is 0 Å². The Balaban J connectivity index is 1.65. The minimum Gasteiger partial charge on any atom is -0.370 e. The van der Waals surface area contributed by atoms with Crippen LogP contribution in [0, 0.1) is 6.92 Å². The summed E-state index contributed by atoms with van der Waals surface area (Å²) in [6.45, 7) is 2.98. The highest BCUT2D eigenvalue weighted by atomic mass is 15.1. The lowest BCUT2D eigenvalue weighted by molar-refractivity contribution is 0.923. The van der Waals surface area contributed by atoms with Gasteiger partial charge in [0.15, 0.2) is 0 Å². The van der Waals surface area contributed by atoms with Gasteiger partial charge in [0.1, 0.15) is 0 Å². The van der Waals surface area contributed by atoms with Gasteiger partial charge in [-0.05, 0) is 42.3 Å². The molecule has 0 radical (unpaired) electrons. The van der Waals surface area contributed by atoms with Crippen molar-refractivity contribution in [2.75, 3.05) is 11.9 Å². The average molecular weight is 314 g/mol. The van der Waals surface area contributed by atoms with Crippen molar-refractivity contribution in [3.05, 3.63) is 95.6 Å². The van der Waals surface area contributed by atoms with Crippen molar-refractivity contribution in [3.63, 3.8) is 0 Å². The quantitative estimate of drug-likeness (QED) is 0.577. The first-order valence-electron chi connectivity index (χ1n) is 8.16. The second-order valence-corrected chi connectivity index (χ2v) is 6.03. The Labute approximate surface area is 144 Å². The van der Waals surface area contributed by atoms with Crippen molar-refractivity contribution >= 4 is 17.6 Å². The Bertz CT molecular complexity index is 788. The maximum absolute atomic E-state index is 4.52. The summed E-state index contributed by atoms with van der Waals surface area (Å²) in [7, 11) is 2.11. The fourth-order valence-electron chi connectivity index (χ4n) is 2.54. The summed E-state index contributed by atoms with van der Waals surface area (Å²) in [4.78, 5) is 6.77. The number of hydrogen-bond acceptors (Lipinski definition) is 2. The third-order valence-corrected chi connectivity index (χ3v) is 3.99. The molecular weight excluding hydrogens is 292 g/mol. The molecule has 0 unspecified atom stereocenters. The van der Waals surface area contributed by atoms with Crippen molar-refractivity contribution in [2.24, 2.45) is 4.99 Å². The number of aryl methyl sites for hydroxylation is 1. The van der Waals surface area contributed by atoms with Gasteiger partial charge in [0.2, 0.25) is 0 Å². The minimum absolute atomic E-state index is 0.900. The van der Waals surface area contributed by atoms with Crippen LogP contribution in [-0.4, -0.2) is 13.3 Å². The van der Waals surface area contributed by atoms with Crippen molar-refractivity contribution in [2.45, 2.75) is 13.5 Å². The van der Waals surface area contributed by atoms with Crippen molar-refractivity contribution in [3.8, 4) is 0 Å². The smallest absolute Gasteiger partial charge is 0.0630 e. The van der Waals surface area contributed by atoms with Gasteiger partial charge in [-0.15, -0.1) is 0 Å². The summed E-state index contributed by atoms with van der Waals surface area (Å²) in [5.74, 6) is 0. The Morgan fingerprint density at radius 3 is 2.17 bits per heavy atom. The Hall–Kier alpha value is -2.87. The minimum atomic E-state index is 0.900. The standard InChI is InChI=1S/C22H22N2/c1-18-8-12-21(13-9-18)23-16-19-10-14-22(15-11-19)24(2)17-20-6-4-3-5-7-20/h3-16H,17H2,1-2H3. The van der Waals surface area contributed by atoms with Gasteiger partial charge >= 0.3 is 0 Å². The first-order valence-corrected chi connectivity index (χ1v) is 8.16. The van der Waals surface area contributed by atoms with Gasteiger partial charge in [-0.25, -0.2) is 0 Å². The Morgan fingerprint density at radius 2 is 1.50 bits per heavy atom. The molecule has 0 aliphatic carbocycles. The van der Waals surface area contributed by atoms with Crippen LogP contribution in [-0.2, 0) is 6.54 Å². The molecule has 0 aliphatic rings. The topological polar surface area (TPSA) is 15.6 Å². The van der Waals surface area contributed by atoms with E-state index in [1.165, 1.54) is 16.8 Å². The molecule has 0 bridgehead atoms. The lowest BCUT2D eigenvalue weighted by Gasteiger charge is -2.19. The van der Waals surface area contributed by atoms with Gasteiger partial charge in [-0.1, -0.05) is 60.2 Å². The van der Waals surface area contributed by atoms with Crippen molar-refractivity contribution in [1.29, 1.82) is 0 Å². The lowest BCUT2D eigenvalue weighted by atomic mass is 10.2. The largest absolute Gasteiger partial charge is 0.370 e. The van der Waals surface area contributed by atoms with Crippen LogP contribution in [0.5, 0.6) is 0 Å². The average Bonchev–Trinajstić information content (AvgIpc) is 2.62. The number of hydrogen-bond donors (Lipinski definition) is 0. The van der Waals surface area contributed by atoms with Crippen LogP contribution < -0.4 is 4.90 Å². The SMILES string of the molecule is Cc1ccc(N=Cc2ccc(N(C)Cc3ccccc3)cc2)cc1. The molecule has 0 saturated heterocycles. The van der Waals surface area contributed by atoms with Crippen LogP contribution >= 0.6 is 0 Å². The fraction of sp³-hybridized carbons (Fsp3) is 0.136. The van der Waals surface area contributed by atoms with Crippen molar-refractivity contribution in [1.82, 2.24) is 0 Å². The van der Waals surface area contributed by atoms with E-state index in [1.54, 1.807) is 0 Å². The fourth-order valence-corrected chi connectivity index (χ4v) is 2.54. The second kappa shape index (κ2) is 7.60. The number of aliphatic imine (C=N–C) groups is 1. The highest BCUT2D eigenvalue weighted by Gasteiger charge is 2.01. The van der Waals surface area contributed by atoms with E-state index in [4.69, 9.17) is 0 Å². The molecule has 0 saturated carbocycles. The predicted molar refractivity (Wildman–Crippen MR) is 103 cm³/mol. The summed E-state index contributed by atoms with van der Waals surface area (Å²) in [6, 6.07) is 27.2. The molecule has 3 rings (SSSR count). The molecule has 0 amide bonds. The van der Waals surface area contributed by atoms with Gasteiger partial charge in [-0.3, -0.25) is 4.99 Å². The van der Waals surface area contributed by atoms with Crippen LogP contribution in [0.15, 0.2) is 83.9 Å². The van der Waals surface area contributed by atoms with Gasteiger partial charge in [-0.2, -0.15) is 0 Å². The van der Waals surface area contributed by atoms with E-state index < -0.39 is 0 Å². The molecule has 0 aromatic heterocycles. The van der Waals surface area contributed by atoms with Crippen LogP contribution in [0.25, 0.3) is 0 Å². The van der Waals surface area contributed by atoms with Gasteiger partial charge in [0.25, 0.3) is 0 Å². The van der Waals surface area contributed by atoms with E-state index in [1.807, 2.05) is 24.4 Å². The molecule has 0 atom stereocenters. The summed E-state index contributed by atoms with van der Waals surface area (Å²) in [5.41, 5.74) is 5.84. The van der Waals surface area contributed by atoms with E-state index in [2.05, 4.69) is 84.5 Å². The molecule has 0 aliphatic heterocycles. The first-order chi connectivity index (χ1) is 11.7. The van der Waals surface area contributed by atoms with E-state index in [0.29, 0.717) is 0 Å². The zero-order chi connectivity index (χ0) is 16.8. The molecule has 0 heterocycles. The predicted octanol–water partition coefficient (Wildman–Crippen LogP) is 5.38. The molecular formula is C22H22N2. The molecule has 2 nitrogen and oxygen atoms in total. The highest BCUT2D eigenvalue weighted by molar-refractivity contribution is 5.82. The first kappa shape index (κ1) is 16.0. The Kier molecular flexibility index (Phi) is 5.07. The highest BCUT2D eigenvalue weighted by Crippen LogP contribution is 2.17. The number of anilines is 1. The van der Waals surface area contributed by atoms with E-state index in [0.717, 1.165) is 17.8 Å². The normalized spacial score (nSPS) is 10.9. The monoisotopic (exact) mass is 314 g/mol. The number of rotatable bonds is 5. The number of nitrogens with zero attached hydrogens (tertiary/aromatic N) is 2. The maximum Gasteiger partial charge on any atom is 0.0630 e. The molecule has 3 aromatic carbocycles. The summed E-state index contributed by atoms with van der Waals surface area (Å²) in [5, 5.41) is 0. The van der Waals surface area contributed by atoms with E-state index in [-0.39, 0.29) is 0 Å². The Morgan fingerprint density at radius 1 is 0.833 bits per heavy atom.